The fourth-order valence-electron chi connectivity index (χ4n) is 1.94. The first-order chi connectivity index (χ1) is 8.44. The molecule has 4 heteroatoms. The number of nitrogens with one attached hydrogen (secondary N) is 1. The largest absolute Gasteiger partial charge is 0.491 e. The molecule has 0 radical (unpaired) electrons. The van der Waals surface area contributed by atoms with Gasteiger partial charge in [-0.1, -0.05) is 6.07 Å². The van der Waals surface area contributed by atoms with Crippen molar-refractivity contribution >= 4 is 5.91 Å². The van der Waals surface area contributed by atoms with Crippen molar-refractivity contribution < 1.29 is 9.53 Å². The van der Waals surface area contributed by atoms with E-state index in [9.17, 15) is 4.79 Å². The molecule has 0 aromatic heterocycles. The van der Waals surface area contributed by atoms with Crippen molar-refractivity contribution in [2.45, 2.75) is 25.9 Å². The normalized spacial score (nSPS) is 18.4. The molecule has 1 amide bonds. The molecule has 1 heterocycles. The van der Waals surface area contributed by atoms with Gasteiger partial charge in [0, 0.05) is 30.3 Å². The van der Waals surface area contributed by atoms with Gasteiger partial charge in [0.1, 0.15) is 12.4 Å². The average Bonchev–Trinajstić information content (AvgIpc) is 2.46. The van der Waals surface area contributed by atoms with Crippen LogP contribution in [-0.4, -0.2) is 37.0 Å². The van der Waals surface area contributed by atoms with E-state index < -0.39 is 0 Å². The van der Waals surface area contributed by atoms with Gasteiger partial charge in [-0.05, 0) is 33.0 Å². The van der Waals surface area contributed by atoms with Crippen LogP contribution in [0.4, 0.5) is 0 Å². The first-order valence-corrected chi connectivity index (χ1v) is 6.13. The summed E-state index contributed by atoms with van der Waals surface area (Å²) in [5.74, 6) is 0.729. The zero-order valence-corrected chi connectivity index (χ0v) is 11.4. The van der Waals surface area contributed by atoms with Gasteiger partial charge < -0.3 is 10.1 Å². The lowest BCUT2D eigenvalue weighted by Crippen LogP contribution is -2.43. The van der Waals surface area contributed by atoms with Crippen molar-refractivity contribution in [1.29, 1.82) is 0 Å². The van der Waals surface area contributed by atoms with Gasteiger partial charge in [-0.2, -0.15) is 0 Å². The minimum absolute atomic E-state index is 0.00774. The van der Waals surface area contributed by atoms with E-state index in [0.29, 0.717) is 12.2 Å². The van der Waals surface area contributed by atoms with Gasteiger partial charge in [-0.25, -0.2) is 0 Å². The van der Waals surface area contributed by atoms with Crippen molar-refractivity contribution in [1.82, 2.24) is 10.2 Å². The fourth-order valence-corrected chi connectivity index (χ4v) is 1.94. The Morgan fingerprint density at radius 1 is 1.44 bits per heavy atom. The van der Waals surface area contributed by atoms with Crippen LogP contribution >= 0.6 is 0 Å². The molecule has 0 spiro atoms. The highest BCUT2D eigenvalue weighted by molar-refractivity contribution is 5.94. The standard InChI is InChI=1S/C14H20N2O2/c1-14(2)9-18-12-7-10(13(17)15-3)5-6-11(12)8-16(14)4/h5-7H,8-9H2,1-4H3,(H,15,17). The topological polar surface area (TPSA) is 41.6 Å². The lowest BCUT2D eigenvalue weighted by Gasteiger charge is -2.32. The maximum atomic E-state index is 11.6. The molecule has 0 saturated heterocycles. The average molecular weight is 248 g/mol. The third-order valence-corrected chi connectivity index (χ3v) is 3.58. The maximum absolute atomic E-state index is 11.6. The second kappa shape index (κ2) is 4.61. The molecule has 0 saturated carbocycles. The van der Waals surface area contributed by atoms with Crippen molar-refractivity contribution in [2.75, 3.05) is 20.7 Å². The molecule has 1 aromatic carbocycles. The van der Waals surface area contributed by atoms with Crippen LogP contribution < -0.4 is 10.1 Å². The first-order valence-electron chi connectivity index (χ1n) is 6.13. The van der Waals surface area contributed by atoms with Gasteiger partial charge in [0.2, 0.25) is 0 Å². The van der Waals surface area contributed by atoms with E-state index >= 15 is 0 Å². The molecule has 1 aromatic rings. The van der Waals surface area contributed by atoms with E-state index in [1.54, 1.807) is 7.05 Å². The van der Waals surface area contributed by atoms with Crippen LogP contribution in [0.3, 0.4) is 0 Å². The van der Waals surface area contributed by atoms with Crippen LogP contribution in [0, 0.1) is 0 Å². The molecular weight excluding hydrogens is 228 g/mol. The summed E-state index contributed by atoms with van der Waals surface area (Å²) in [6.07, 6.45) is 0. The van der Waals surface area contributed by atoms with Crippen molar-refractivity contribution in [3.05, 3.63) is 29.3 Å². The van der Waals surface area contributed by atoms with Crippen molar-refractivity contribution in [3.63, 3.8) is 0 Å². The third kappa shape index (κ3) is 2.34. The number of benzene rings is 1. The molecule has 0 atom stereocenters. The summed E-state index contributed by atoms with van der Waals surface area (Å²) in [7, 11) is 3.72. The number of carbonyl (C=O) groups is 1. The lowest BCUT2D eigenvalue weighted by molar-refractivity contribution is 0.0961. The molecule has 1 N–H and O–H groups in total. The molecule has 4 nitrogen and oxygen atoms in total. The molecular formula is C14H20N2O2. The zero-order valence-electron chi connectivity index (χ0n) is 11.4. The Labute approximate surface area is 108 Å². The van der Waals surface area contributed by atoms with Crippen molar-refractivity contribution in [2.24, 2.45) is 0 Å². The van der Waals surface area contributed by atoms with E-state index in [2.05, 4.69) is 31.1 Å². The predicted octanol–water partition coefficient (Wildman–Crippen LogP) is 1.65. The molecule has 18 heavy (non-hydrogen) atoms. The Balaban J connectivity index is 2.33. The highest BCUT2D eigenvalue weighted by Gasteiger charge is 2.28. The lowest BCUT2D eigenvalue weighted by atomic mass is 10.0. The molecule has 0 bridgehead atoms. The Kier molecular flexibility index (Phi) is 3.30. The summed E-state index contributed by atoms with van der Waals surface area (Å²) < 4.78 is 5.85. The van der Waals surface area contributed by atoms with Gasteiger partial charge in [-0.15, -0.1) is 0 Å². The summed E-state index contributed by atoms with van der Waals surface area (Å²) in [5.41, 5.74) is 1.75. The van der Waals surface area contributed by atoms with Crippen LogP contribution in [0.5, 0.6) is 5.75 Å². The summed E-state index contributed by atoms with van der Waals surface area (Å²) >= 11 is 0. The number of amides is 1. The predicted molar refractivity (Wildman–Crippen MR) is 70.9 cm³/mol. The number of likely N-dealkylation sites (N-methyl/N-ethyl adjacent to an activating group) is 1. The van der Waals surface area contributed by atoms with E-state index in [-0.39, 0.29) is 11.4 Å². The highest BCUT2D eigenvalue weighted by atomic mass is 16.5. The molecule has 1 aliphatic rings. The minimum atomic E-state index is -0.0849. The number of carbonyl (C=O) groups excluding carboxylic acids is 1. The SMILES string of the molecule is CNC(=O)c1ccc2c(c1)OCC(C)(C)N(C)C2. The summed E-state index contributed by atoms with van der Waals surface area (Å²) in [6.45, 7) is 5.75. The van der Waals surface area contributed by atoms with Gasteiger partial charge in [-0.3, -0.25) is 9.69 Å². The molecule has 2 rings (SSSR count). The van der Waals surface area contributed by atoms with Gasteiger partial charge >= 0.3 is 0 Å². The molecule has 1 aliphatic heterocycles. The van der Waals surface area contributed by atoms with Crippen LogP contribution in [0.25, 0.3) is 0 Å². The van der Waals surface area contributed by atoms with E-state index in [4.69, 9.17) is 4.74 Å². The van der Waals surface area contributed by atoms with Crippen LogP contribution in [0.1, 0.15) is 29.8 Å². The Hall–Kier alpha value is -1.55. The Morgan fingerprint density at radius 2 is 2.17 bits per heavy atom. The van der Waals surface area contributed by atoms with Crippen molar-refractivity contribution in [3.8, 4) is 5.75 Å². The van der Waals surface area contributed by atoms with Crippen LogP contribution in [-0.2, 0) is 6.54 Å². The Morgan fingerprint density at radius 3 is 2.83 bits per heavy atom. The highest BCUT2D eigenvalue weighted by Crippen LogP contribution is 2.29. The number of rotatable bonds is 1. The number of nitrogens with zero attached hydrogens (tertiary/aromatic N) is 1. The Bertz CT molecular complexity index is 469. The minimum Gasteiger partial charge on any atom is -0.491 e. The molecule has 0 aliphatic carbocycles. The summed E-state index contributed by atoms with van der Waals surface area (Å²) in [6, 6.07) is 5.63. The second-order valence-electron chi connectivity index (χ2n) is 5.36. The monoisotopic (exact) mass is 248 g/mol. The number of fused-ring (bicyclic) bond motifs is 1. The van der Waals surface area contributed by atoms with E-state index in [0.717, 1.165) is 17.9 Å². The first kappa shape index (κ1) is 12.9. The fraction of sp³-hybridized carbons (Fsp3) is 0.500. The summed E-state index contributed by atoms with van der Waals surface area (Å²) in [5, 5.41) is 2.62. The van der Waals surface area contributed by atoms with Gasteiger partial charge in [0.05, 0.1) is 0 Å². The third-order valence-electron chi connectivity index (χ3n) is 3.58. The summed E-state index contributed by atoms with van der Waals surface area (Å²) in [4.78, 5) is 13.9. The number of ether oxygens (including phenoxy) is 1. The zero-order chi connectivity index (χ0) is 13.3. The number of hydrogen-bond donors (Lipinski definition) is 1. The molecule has 0 fully saturated rings. The van der Waals surface area contributed by atoms with Crippen LogP contribution in [0.2, 0.25) is 0 Å². The second-order valence-corrected chi connectivity index (χ2v) is 5.36. The molecule has 0 unspecified atom stereocenters. The quantitative estimate of drug-likeness (QED) is 0.821. The van der Waals surface area contributed by atoms with Gasteiger partial charge in [0.15, 0.2) is 0 Å². The smallest absolute Gasteiger partial charge is 0.251 e. The number of hydrogen-bond acceptors (Lipinski definition) is 3. The molecule has 98 valence electrons. The van der Waals surface area contributed by atoms with Gasteiger partial charge in [0.25, 0.3) is 5.91 Å². The maximum Gasteiger partial charge on any atom is 0.251 e. The van der Waals surface area contributed by atoms with E-state index in [1.165, 1.54) is 0 Å². The van der Waals surface area contributed by atoms with E-state index in [1.807, 2.05) is 18.2 Å². The van der Waals surface area contributed by atoms with Crippen LogP contribution in [0.15, 0.2) is 18.2 Å².